The number of carboxylic acid groups (broad SMARTS) is 1. The summed E-state index contributed by atoms with van der Waals surface area (Å²) in [6.45, 7) is 6.04. The molecule has 6 heteroatoms. The van der Waals surface area contributed by atoms with Crippen LogP contribution in [0.1, 0.15) is 36.8 Å². The topological polar surface area (TPSA) is 63.1 Å². The minimum atomic E-state index is -0.936. The van der Waals surface area contributed by atoms with Crippen molar-refractivity contribution < 1.29 is 9.90 Å². The lowest BCUT2D eigenvalue weighted by molar-refractivity contribution is 0.0696. The molecule has 2 rings (SSSR count). The van der Waals surface area contributed by atoms with E-state index in [1.54, 1.807) is 18.3 Å². The molecule has 0 spiro atoms. The molecule has 0 aliphatic carbocycles. The number of nitrogens with zero attached hydrogens (tertiary/aromatic N) is 2. The fourth-order valence-electron chi connectivity index (χ4n) is 1.42. The number of aromatic nitrogens is 2. The lowest BCUT2D eigenvalue weighted by Crippen LogP contribution is -2.15. The van der Waals surface area contributed by atoms with Crippen LogP contribution in [-0.4, -0.2) is 21.0 Å². The van der Waals surface area contributed by atoms with Crippen molar-refractivity contribution in [2.75, 3.05) is 0 Å². The van der Waals surface area contributed by atoms with Crippen LogP contribution in [-0.2, 0) is 5.41 Å². The van der Waals surface area contributed by atoms with E-state index in [0.717, 1.165) is 10.0 Å². The fraction of sp³-hybridized carbons (Fsp3) is 0.308. The maximum Gasteiger partial charge on any atom is 0.335 e. The smallest absolute Gasteiger partial charge is 0.335 e. The van der Waals surface area contributed by atoms with Gasteiger partial charge in [-0.2, -0.15) is 0 Å². The number of pyridine rings is 1. The van der Waals surface area contributed by atoms with Gasteiger partial charge in [0.2, 0.25) is 0 Å². The highest BCUT2D eigenvalue weighted by atomic mass is 32.2. The Morgan fingerprint density at radius 2 is 2.11 bits per heavy atom. The van der Waals surface area contributed by atoms with Crippen molar-refractivity contribution in [3.8, 4) is 0 Å². The van der Waals surface area contributed by atoms with Gasteiger partial charge in [0, 0.05) is 22.7 Å². The highest BCUT2D eigenvalue weighted by Crippen LogP contribution is 2.31. The second kappa shape index (κ2) is 5.30. The van der Waals surface area contributed by atoms with Crippen LogP contribution in [0.3, 0.4) is 0 Å². The van der Waals surface area contributed by atoms with Gasteiger partial charge in [-0.3, -0.25) is 0 Å². The normalized spacial score (nSPS) is 11.5. The van der Waals surface area contributed by atoms with Crippen LogP contribution in [0.15, 0.2) is 33.1 Å². The molecule has 0 amide bonds. The van der Waals surface area contributed by atoms with E-state index in [4.69, 9.17) is 0 Å². The van der Waals surface area contributed by atoms with Gasteiger partial charge < -0.3 is 5.11 Å². The second-order valence-electron chi connectivity index (χ2n) is 5.03. The first-order chi connectivity index (χ1) is 8.86. The zero-order valence-corrected chi connectivity index (χ0v) is 12.5. The molecule has 2 aromatic heterocycles. The van der Waals surface area contributed by atoms with Crippen LogP contribution in [0.4, 0.5) is 0 Å². The Balaban J connectivity index is 2.42. The Bertz CT molecular complexity index is 589. The summed E-state index contributed by atoms with van der Waals surface area (Å²) >= 11 is 2.90. The average molecular weight is 294 g/mol. The zero-order valence-electron chi connectivity index (χ0n) is 10.9. The second-order valence-corrected chi connectivity index (χ2v) is 7.20. The predicted molar refractivity (Wildman–Crippen MR) is 76.1 cm³/mol. The van der Waals surface area contributed by atoms with Crippen LogP contribution in [0.25, 0.3) is 0 Å². The Morgan fingerprint density at radius 3 is 2.63 bits per heavy atom. The van der Waals surface area contributed by atoms with E-state index >= 15 is 0 Å². The number of carbonyl (C=O) groups is 1. The molecule has 0 bridgehead atoms. The summed E-state index contributed by atoms with van der Waals surface area (Å²) in [5, 5.41) is 11.7. The van der Waals surface area contributed by atoms with Gasteiger partial charge in [-0.05, 0) is 23.9 Å². The van der Waals surface area contributed by atoms with Crippen molar-refractivity contribution in [3.05, 3.63) is 35.0 Å². The third-order valence-corrected chi connectivity index (χ3v) is 4.22. The first-order valence-corrected chi connectivity index (χ1v) is 7.39. The molecule has 0 aliphatic heterocycles. The third kappa shape index (κ3) is 3.54. The quantitative estimate of drug-likeness (QED) is 0.935. The van der Waals surface area contributed by atoms with E-state index in [1.165, 1.54) is 23.1 Å². The summed E-state index contributed by atoms with van der Waals surface area (Å²) in [4.78, 5) is 19.9. The third-order valence-electron chi connectivity index (χ3n) is 2.42. The summed E-state index contributed by atoms with van der Waals surface area (Å²) in [5.41, 5.74) is 0.842. The van der Waals surface area contributed by atoms with Crippen molar-refractivity contribution in [1.29, 1.82) is 0 Å². The highest BCUT2D eigenvalue weighted by molar-refractivity contribution is 8.01. The molecule has 4 nitrogen and oxygen atoms in total. The van der Waals surface area contributed by atoms with Crippen LogP contribution < -0.4 is 0 Å². The van der Waals surface area contributed by atoms with Gasteiger partial charge in [-0.15, -0.1) is 11.3 Å². The number of carboxylic acids is 1. The number of thiazole rings is 1. The molecule has 2 aromatic rings. The largest absolute Gasteiger partial charge is 0.478 e. The first-order valence-electron chi connectivity index (χ1n) is 5.69. The number of hydrogen-bond acceptors (Lipinski definition) is 5. The Kier molecular flexibility index (Phi) is 3.91. The molecule has 2 heterocycles. The van der Waals surface area contributed by atoms with Gasteiger partial charge >= 0.3 is 5.97 Å². The first kappa shape index (κ1) is 14.0. The van der Waals surface area contributed by atoms with Gasteiger partial charge in [0.25, 0.3) is 0 Å². The number of aromatic carboxylic acids is 1. The summed E-state index contributed by atoms with van der Waals surface area (Å²) in [6, 6.07) is 3.22. The maximum absolute atomic E-state index is 11.2. The molecule has 0 aliphatic rings. The number of rotatable bonds is 3. The van der Waals surface area contributed by atoms with E-state index in [0.29, 0.717) is 5.03 Å². The highest BCUT2D eigenvalue weighted by Gasteiger charge is 2.19. The van der Waals surface area contributed by atoms with E-state index in [-0.39, 0.29) is 11.0 Å². The molecule has 1 N–H and O–H groups in total. The van der Waals surface area contributed by atoms with Crippen LogP contribution >= 0.6 is 23.1 Å². The van der Waals surface area contributed by atoms with Crippen LogP contribution in [0.5, 0.6) is 0 Å². The van der Waals surface area contributed by atoms with Crippen molar-refractivity contribution in [1.82, 2.24) is 9.97 Å². The lowest BCUT2D eigenvalue weighted by Gasteiger charge is -2.18. The van der Waals surface area contributed by atoms with Crippen LogP contribution in [0, 0.1) is 0 Å². The lowest BCUT2D eigenvalue weighted by atomic mass is 9.91. The molecule has 0 saturated carbocycles. The van der Waals surface area contributed by atoms with Gasteiger partial charge in [-0.25, -0.2) is 14.8 Å². The zero-order chi connectivity index (χ0) is 14.0. The van der Waals surface area contributed by atoms with E-state index in [9.17, 15) is 9.90 Å². The molecular weight excluding hydrogens is 280 g/mol. The molecule has 0 aromatic carbocycles. The Morgan fingerprint density at radius 1 is 1.37 bits per heavy atom. The average Bonchev–Trinajstić information content (AvgIpc) is 2.80. The van der Waals surface area contributed by atoms with Crippen molar-refractivity contribution >= 4 is 29.1 Å². The summed E-state index contributed by atoms with van der Waals surface area (Å²) in [7, 11) is 0. The summed E-state index contributed by atoms with van der Waals surface area (Å²) in [5.74, 6) is -0.936. The molecular formula is C13H14N2O2S2. The van der Waals surface area contributed by atoms with Crippen molar-refractivity contribution in [2.24, 2.45) is 0 Å². The molecule has 0 fully saturated rings. The van der Waals surface area contributed by atoms with Crippen molar-refractivity contribution in [2.45, 2.75) is 35.6 Å². The summed E-state index contributed by atoms with van der Waals surface area (Å²) in [6.07, 6.45) is 1.72. The fourth-order valence-corrected chi connectivity index (χ4v) is 3.01. The van der Waals surface area contributed by atoms with Gasteiger partial charge in [0.1, 0.15) is 5.03 Å². The Hall–Kier alpha value is -1.40. The van der Waals surface area contributed by atoms with Gasteiger partial charge in [-0.1, -0.05) is 20.8 Å². The molecule has 0 atom stereocenters. The molecule has 0 saturated heterocycles. The van der Waals surface area contributed by atoms with Crippen molar-refractivity contribution in [3.63, 3.8) is 0 Å². The Labute approximate surface area is 119 Å². The predicted octanol–water partition coefficient (Wildman–Crippen LogP) is 3.69. The van der Waals surface area contributed by atoms with E-state index in [1.807, 2.05) is 26.2 Å². The van der Waals surface area contributed by atoms with E-state index < -0.39 is 5.97 Å². The van der Waals surface area contributed by atoms with Gasteiger partial charge in [0.15, 0.2) is 4.34 Å². The number of hydrogen-bond donors (Lipinski definition) is 1. The maximum atomic E-state index is 11.2. The van der Waals surface area contributed by atoms with E-state index in [2.05, 4.69) is 9.97 Å². The minimum absolute atomic E-state index is 0.191. The SMILES string of the molecule is CC(C)(C)c1cc(C(=O)O)cc(Sc2nccs2)n1. The standard InChI is InChI=1S/C13H14N2O2S2/c1-13(2,3)9-6-8(11(16)17)7-10(15-9)19-12-14-4-5-18-12/h4-7H,1-3H3,(H,16,17). The molecule has 100 valence electrons. The minimum Gasteiger partial charge on any atom is -0.478 e. The summed E-state index contributed by atoms with van der Waals surface area (Å²) < 4.78 is 0.856. The molecule has 0 unspecified atom stereocenters. The molecule has 0 radical (unpaired) electrons. The van der Waals surface area contributed by atoms with Crippen LogP contribution in [0.2, 0.25) is 0 Å². The monoisotopic (exact) mass is 294 g/mol. The van der Waals surface area contributed by atoms with Gasteiger partial charge in [0.05, 0.1) is 5.56 Å². The molecule has 19 heavy (non-hydrogen) atoms.